The summed E-state index contributed by atoms with van der Waals surface area (Å²) in [5, 5.41) is 9.56. The Morgan fingerprint density at radius 1 is 1.29 bits per heavy atom. The Hall–Kier alpha value is -1.16. The van der Waals surface area contributed by atoms with Crippen molar-refractivity contribution in [1.82, 2.24) is 0 Å². The van der Waals surface area contributed by atoms with Gasteiger partial charge in [-0.1, -0.05) is 0 Å². The molecule has 0 aliphatic carbocycles. The van der Waals surface area contributed by atoms with Crippen molar-refractivity contribution in [1.29, 1.82) is 0 Å². The van der Waals surface area contributed by atoms with Crippen molar-refractivity contribution >= 4 is 0 Å². The molecule has 0 bridgehead atoms. The van der Waals surface area contributed by atoms with Gasteiger partial charge in [-0.05, 0) is 25.0 Å². The SMILES string of the molecule is O[C@@H]1CCCOc2c(F)ccc(F)c21. The van der Waals surface area contributed by atoms with E-state index in [2.05, 4.69) is 0 Å². The molecule has 1 aliphatic heterocycles. The van der Waals surface area contributed by atoms with E-state index in [1.165, 1.54) is 0 Å². The zero-order valence-electron chi connectivity index (χ0n) is 7.46. The molecule has 0 saturated heterocycles. The minimum atomic E-state index is -0.969. The average molecular weight is 200 g/mol. The highest BCUT2D eigenvalue weighted by Gasteiger charge is 2.24. The molecule has 2 nitrogen and oxygen atoms in total. The summed E-state index contributed by atoms with van der Waals surface area (Å²) in [6, 6.07) is 2.01. The molecule has 0 aromatic heterocycles. The van der Waals surface area contributed by atoms with Crippen molar-refractivity contribution in [3.05, 3.63) is 29.3 Å². The summed E-state index contributed by atoms with van der Waals surface area (Å²) in [6.07, 6.45) is 0.0189. The molecule has 1 heterocycles. The van der Waals surface area contributed by atoms with Crippen LogP contribution in [0.3, 0.4) is 0 Å². The second kappa shape index (κ2) is 3.53. The van der Waals surface area contributed by atoms with Gasteiger partial charge < -0.3 is 9.84 Å². The van der Waals surface area contributed by atoms with E-state index in [0.29, 0.717) is 19.4 Å². The largest absolute Gasteiger partial charge is 0.490 e. The van der Waals surface area contributed by atoms with Crippen LogP contribution in [0, 0.1) is 11.6 Å². The van der Waals surface area contributed by atoms with Gasteiger partial charge in [0.1, 0.15) is 5.82 Å². The number of hydrogen-bond acceptors (Lipinski definition) is 2. The molecule has 0 fully saturated rings. The van der Waals surface area contributed by atoms with Gasteiger partial charge in [-0.15, -0.1) is 0 Å². The van der Waals surface area contributed by atoms with E-state index in [0.717, 1.165) is 12.1 Å². The van der Waals surface area contributed by atoms with Crippen molar-refractivity contribution in [3.63, 3.8) is 0 Å². The van der Waals surface area contributed by atoms with E-state index in [-0.39, 0.29) is 11.3 Å². The quantitative estimate of drug-likeness (QED) is 0.695. The Kier molecular flexibility index (Phi) is 2.37. The zero-order valence-corrected chi connectivity index (χ0v) is 7.46. The molecule has 0 unspecified atom stereocenters. The summed E-state index contributed by atoms with van der Waals surface area (Å²) in [6.45, 7) is 0.310. The molecule has 1 aromatic rings. The number of aliphatic hydroxyl groups is 1. The summed E-state index contributed by atoms with van der Waals surface area (Å²) in [4.78, 5) is 0. The van der Waals surface area contributed by atoms with Crippen LogP contribution in [0.4, 0.5) is 8.78 Å². The van der Waals surface area contributed by atoms with Crippen molar-refractivity contribution < 1.29 is 18.6 Å². The number of benzene rings is 1. The van der Waals surface area contributed by atoms with E-state index in [1.54, 1.807) is 0 Å². The fraction of sp³-hybridized carbons (Fsp3) is 0.400. The van der Waals surface area contributed by atoms with Crippen molar-refractivity contribution in [2.45, 2.75) is 18.9 Å². The van der Waals surface area contributed by atoms with Crippen LogP contribution in [0.2, 0.25) is 0 Å². The van der Waals surface area contributed by atoms with Crippen LogP contribution in [0.1, 0.15) is 24.5 Å². The lowest BCUT2D eigenvalue weighted by Gasteiger charge is -2.12. The summed E-state index contributed by atoms with van der Waals surface area (Å²) in [5.74, 6) is -1.38. The molecule has 0 spiro atoms. The Bertz CT molecular complexity index is 352. The highest BCUT2D eigenvalue weighted by molar-refractivity contribution is 5.38. The highest BCUT2D eigenvalue weighted by Crippen LogP contribution is 2.35. The lowest BCUT2D eigenvalue weighted by molar-refractivity contribution is 0.163. The minimum Gasteiger partial charge on any atom is -0.490 e. The standard InChI is InChI=1S/C10H10F2O2/c11-6-3-4-7(12)10-9(6)8(13)2-1-5-14-10/h3-4,8,13H,1-2,5H2/t8-/m1/s1. The number of hydrogen-bond donors (Lipinski definition) is 1. The number of rotatable bonds is 0. The van der Waals surface area contributed by atoms with Crippen LogP contribution in [-0.4, -0.2) is 11.7 Å². The molecule has 76 valence electrons. The van der Waals surface area contributed by atoms with Crippen molar-refractivity contribution in [2.24, 2.45) is 0 Å². The fourth-order valence-corrected chi connectivity index (χ4v) is 1.60. The third-order valence-electron chi connectivity index (χ3n) is 2.30. The van der Waals surface area contributed by atoms with Crippen LogP contribution in [0.15, 0.2) is 12.1 Å². The molecule has 1 atom stereocenters. The van der Waals surface area contributed by atoms with Gasteiger partial charge in [-0.3, -0.25) is 0 Å². The fourth-order valence-electron chi connectivity index (χ4n) is 1.60. The zero-order chi connectivity index (χ0) is 10.1. The van der Waals surface area contributed by atoms with E-state index in [1.807, 2.05) is 0 Å². The van der Waals surface area contributed by atoms with E-state index >= 15 is 0 Å². The lowest BCUT2D eigenvalue weighted by Crippen LogP contribution is -2.02. The van der Waals surface area contributed by atoms with Gasteiger partial charge in [0.2, 0.25) is 0 Å². The lowest BCUT2D eigenvalue weighted by atomic mass is 10.0. The maximum atomic E-state index is 13.3. The minimum absolute atomic E-state index is 0.0532. The van der Waals surface area contributed by atoms with Crippen LogP contribution in [0.25, 0.3) is 0 Å². The first-order valence-corrected chi connectivity index (χ1v) is 4.49. The Balaban J connectivity index is 2.57. The maximum absolute atomic E-state index is 13.3. The van der Waals surface area contributed by atoms with Gasteiger partial charge in [0.25, 0.3) is 0 Å². The third kappa shape index (κ3) is 1.46. The first kappa shape index (κ1) is 9.40. The molecular formula is C10H10F2O2. The molecule has 1 N–H and O–H groups in total. The molecule has 0 saturated carbocycles. The van der Waals surface area contributed by atoms with Gasteiger partial charge in [-0.25, -0.2) is 8.78 Å². The molecular weight excluding hydrogens is 190 g/mol. The van der Waals surface area contributed by atoms with E-state index < -0.39 is 17.7 Å². The van der Waals surface area contributed by atoms with Crippen LogP contribution in [0.5, 0.6) is 5.75 Å². The second-order valence-corrected chi connectivity index (χ2v) is 3.28. The normalized spacial score (nSPS) is 20.9. The Labute approximate surface area is 80.1 Å². The number of fused-ring (bicyclic) bond motifs is 1. The predicted molar refractivity (Wildman–Crippen MR) is 46.0 cm³/mol. The van der Waals surface area contributed by atoms with Crippen LogP contribution < -0.4 is 4.74 Å². The number of halogens is 2. The van der Waals surface area contributed by atoms with Gasteiger partial charge in [0.05, 0.1) is 18.3 Å². The topological polar surface area (TPSA) is 29.5 Å². The van der Waals surface area contributed by atoms with Gasteiger partial charge in [-0.2, -0.15) is 0 Å². The summed E-state index contributed by atoms with van der Waals surface area (Å²) >= 11 is 0. The summed E-state index contributed by atoms with van der Waals surface area (Å²) < 4.78 is 31.5. The van der Waals surface area contributed by atoms with Crippen molar-refractivity contribution in [3.8, 4) is 5.75 Å². The average Bonchev–Trinajstić information content (AvgIpc) is 2.35. The number of ether oxygens (including phenoxy) is 1. The second-order valence-electron chi connectivity index (χ2n) is 3.28. The molecule has 2 rings (SSSR count). The third-order valence-corrected chi connectivity index (χ3v) is 2.30. The highest BCUT2D eigenvalue weighted by atomic mass is 19.1. The number of aliphatic hydroxyl groups excluding tert-OH is 1. The van der Waals surface area contributed by atoms with Crippen LogP contribution >= 0.6 is 0 Å². The smallest absolute Gasteiger partial charge is 0.165 e. The molecule has 14 heavy (non-hydrogen) atoms. The summed E-state index contributed by atoms with van der Waals surface area (Å²) in [7, 11) is 0. The Morgan fingerprint density at radius 3 is 2.79 bits per heavy atom. The Morgan fingerprint density at radius 2 is 2.00 bits per heavy atom. The first-order chi connectivity index (χ1) is 6.70. The monoisotopic (exact) mass is 200 g/mol. The van der Waals surface area contributed by atoms with E-state index in [9.17, 15) is 13.9 Å². The predicted octanol–water partition coefficient (Wildman–Crippen LogP) is 2.17. The van der Waals surface area contributed by atoms with Gasteiger partial charge >= 0.3 is 0 Å². The molecule has 1 aromatic carbocycles. The molecule has 0 amide bonds. The van der Waals surface area contributed by atoms with Crippen LogP contribution in [-0.2, 0) is 0 Å². The van der Waals surface area contributed by atoms with Gasteiger partial charge in [0, 0.05) is 0 Å². The molecule has 0 radical (unpaired) electrons. The molecule has 1 aliphatic rings. The summed E-state index contributed by atoms with van der Waals surface area (Å²) in [5.41, 5.74) is -0.0532. The maximum Gasteiger partial charge on any atom is 0.165 e. The van der Waals surface area contributed by atoms with E-state index in [4.69, 9.17) is 4.74 Å². The van der Waals surface area contributed by atoms with Crippen molar-refractivity contribution in [2.75, 3.05) is 6.61 Å². The molecule has 4 heteroatoms. The first-order valence-electron chi connectivity index (χ1n) is 4.49. The van der Waals surface area contributed by atoms with Gasteiger partial charge in [0.15, 0.2) is 11.6 Å².